The quantitative estimate of drug-likeness (QED) is 0.0924. The van der Waals surface area contributed by atoms with E-state index in [2.05, 4.69) is 20.9 Å². The lowest BCUT2D eigenvalue weighted by molar-refractivity contribution is -0.116. The maximum atomic E-state index is 13.7. The average molecular weight is 691 g/mol. The van der Waals surface area contributed by atoms with E-state index in [1.54, 1.807) is 72.8 Å². The minimum absolute atomic E-state index is 0.000170. The molecule has 2 heterocycles. The van der Waals surface area contributed by atoms with Crippen LogP contribution in [0.3, 0.4) is 0 Å². The molecule has 4 aromatic carbocycles. The van der Waals surface area contributed by atoms with Gasteiger partial charge in [0.1, 0.15) is 16.7 Å². The second-order valence-electron chi connectivity index (χ2n) is 10.3. The molecule has 11 heteroatoms. The number of amides is 3. The van der Waals surface area contributed by atoms with Crippen LogP contribution in [0.2, 0.25) is 5.02 Å². The van der Waals surface area contributed by atoms with E-state index in [-0.39, 0.29) is 11.6 Å². The lowest BCUT2D eigenvalue weighted by Crippen LogP contribution is -2.30. The molecule has 8 nitrogen and oxygen atoms in total. The van der Waals surface area contributed by atoms with Crippen molar-refractivity contribution in [3.05, 3.63) is 161 Å². The zero-order chi connectivity index (χ0) is 33.3. The number of carbonyl (C=O) groups is 3. The number of anilines is 2. The van der Waals surface area contributed by atoms with Gasteiger partial charge in [-0.2, -0.15) is 0 Å². The van der Waals surface area contributed by atoms with Crippen LogP contribution in [0.1, 0.15) is 26.9 Å². The molecule has 0 saturated carbocycles. The Morgan fingerprint density at radius 1 is 0.833 bits per heavy atom. The van der Waals surface area contributed by atoms with E-state index in [0.29, 0.717) is 27.2 Å². The van der Waals surface area contributed by atoms with Gasteiger partial charge in [0.25, 0.3) is 11.8 Å². The molecule has 0 radical (unpaired) electrons. The van der Waals surface area contributed by atoms with Gasteiger partial charge in [0, 0.05) is 38.2 Å². The number of nitrogens with zero attached hydrogens (tertiary/aromatic N) is 1. The monoisotopic (exact) mass is 690 g/mol. The molecular weight excluding hydrogens is 664 g/mol. The molecule has 48 heavy (non-hydrogen) atoms. The number of rotatable bonds is 11. The van der Waals surface area contributed by atoms with Gasteiger partial charge >= 0.3 is 0 Å². The average Bonchev–Trinajstić information content (AvgIpc) is 3.81. The van der Waals surface area contributed by atoms with Crippen LogP contribution >= 0.6 is 34.7 Å². The molecule has 0 aliphatic carbocycles. The fraction of sp³-hybridized carbons (Fsp3) is 0.0270. The summed E-state index contributed by atoms with van der Waals surface area (Å²) in [7, 11) is 0. The highest BCUT2D eigenvalue weighted by atomic mass is 35.5. The molecular formula is C37H27ClN4O4S2. The first kappa shape index (κ1) is 32.5. The Morgan fingerprint density at radius 3 is 2.31 bits per heavy atom. The van der Waals surface area contributed by atoms with Gasteiger partial charge in [-0.05, 0) is 60.2 Å². The molecule has 6 rings (SSSR count). The molecule has 3 amide bonds. The van der Waals surface area contributed by atoms with Crippen LogP contribution in [0.25, 0.3) is 17.3 Å². The summed E-state index contributed by atoms with van der Waals surface area (Å²) in [6.45, 7) is 0. The SMILES string of the molecule is O=C(Nc1cccc(SC(C(=O)Nc2nc(-c3ccc(Cl)cc3)cs2)c2ccccc2)c1)/C(=C/c1ccco1)NC(=O)c1ccccc1. The Labute approximate surface area is 289 Å². The number of aromatic nitrogens is 1. The molecule has 1 atom stereocenters. The third-order valence-corrected chi connectivity index (χ3v) is 9.18. The van der Waals surface area contributed by atoms with Crippen molar-refractivity contribution in [3.8, 4) is 11.3 Å². The third kappa shape index (κ3) is 8.48. The summed E-state index contributed by atoms with van der Waals surface area (Å²) in [5.74, 6) is -0.833. The van der Waals surface area contributed by atoms with E-state index in [9.17, 15) is 14.4 Å². The van der Waals surface area contributed by atoms with E-state index in [4.69, 9.17) is 16.0 Å². The summed E-state index contributed by atoms with van der Waals surface area (Å²) < 4.78 is 5.39. The molecule has 6 aromatic rings. The van der Waals surface area contributed by atoms with Crippen LogP contribution in [0, 0.1) is 0 Å². The van der Waals surface area contributed by atoms with Crippen LogP contribution in [0.15, 0.2) is 148 Å². The molecule has 0 aliphatic rings. The van der Waals surface area contributed by atoms with Crippen molar-refractivity contribution in [1.29, 1.82) is 0 Å². The molecule has 0 aliphatic heterocycles. The minimum atomic E-state index is -0.625. The number of benzene rings is 4. The Morgan fingerprint density at radius 2 is 1.58 bits per heavy atom. The zero-order valence-electron chi connectivity index (χ0n) is 25.1. The second kappa shape index (κ2) is 15.4. The van der Waals surface area contributed by atoms with Crippen molar-refractivity contribution in [2.75, 3.05) is 10.6 Å². The van der Waals surface area contributed by atoms with Gasteiger partial charge < -0.3 is 20.4 Å². The Bertz CT molecular complexity index is 2050. The molecule has 0 saturated heterocycles. The fourth-order valence-electron chi connectivity index (χ4n) is 4.60. The van der Waals surface area contributed by atoms with Crippen molar-refractivity contribution < 1.29 is 18.8 Å². The maximum absolute atomic E-state index is 13.7. The van der Waals surface area contributed by atoms with E-state index in [1.165, 1.54) is 35.4 Å². The highest BCUT2D eigenvalue weighted by Crippen LogP contribution is 2.38. The van der Waals surface area contributed by atoms with Gasteiger partial charge in [-0.3, -0.25) is 14.4 Å². The first-order valence-electron chi connectivity index (χ1n) is 14.7. The van der Waals surface area contributed by atoms with E-state index in [1.807, 2.05) is 53.9 Å². The van der Waals surface area contributed by atoms with Crippen LogP contribution in [-0.2, 0) is 9.59 Å². The molecule has 2 aromatic heterocycles. The molecule has 0 spiro atoms. The lowest BCUT2D eigenvalue weighted by atomic mass is 10.1. The summed E-state index contributed by atoms with van der Waals surface area (Å²) in [5.41, 5.74) is 3.31. The number of nitrogens with one attached hydrogen (secondary N) is 3. The first-order valence-corrected chi connectivity index (χ1v) is 16.8. The number of hydrogen-bond donors (Lipinski definition) is 3. The highest BCUT2D eigenvalue weighted by Gasteiger charge is 2.24. The van der Waals surface area contributed by atoms with Crippen LogP contribution in [0.5, 0.6) is 0 Å². The molecule has 1 unspecified atom stereocenters. The van der Waals surface area contributed by atoms with Crippen LogP contribution in [-0.4, -0.2) is 22.7 Å². The molecule has 0 bridgehead atoms. The van der Waals surface area contributed by atoms with Crippen LogP contribution in [0.4, 0.5) is 10.8 Å². The van der Waals surface area contributed by atoms with Crippen molar-refractivity contribution in [2.24, 2.45) is 0 Å². The maximum Gasteiger partial charge on any atom is 0.272 e. The Balaban J connectivity index is 1.19. The molecule has 0 fully saturated rings. The number of halogens is 1. The summed E-state index contributed by atoms with van der Waals surface area (Å²) in [4.78, 5) is 45.5. The van der Waals surface area contributed by atoms with Gasteiger partial charge in [0.15, 0.2) is 5.13 Å². The van der Waals surface area contributed by atoms with Crippen molar-refractivity contribution >= 4 is 69.3 Å². The second-order valence-corrected chi connectivity index (χ2v) is 12.8. The highest BCUT2D eigenvalue weighted by molar-refractivity contribution is 8.00. The largest absolute Gasteiger partial charge is 0.465 e. The third-order valence-electron chi connectivity index (χ3n) is 6.92. The van der Waals surface area contributed by atoms with Gasteiger partial charge in [0.2, 0.25) is 5.91 Å². The normalized spacial score (nSPS) is 11.8. The number of hydrogen-bond acceptors (Lipinski definition) is 7. The predicted molar refractivity (Wildman–Crippen MR) is 192 cm³/mol. The Hall–Kier alpha value is -5.42. The summed E-state index contributed by atoms with van der Waals surface area (Å²) in [6, 6.07) is 35.9. The van der Waals surface area contributed by atoms with Crippen molar-refractivity contribution in [3.63, 3.8) is 0 Å². The summed E-state index contributed by atoms with van der Waals surface area (Å²) in [6.07, 6.45) is 2.94. The Kier molecular flexibility index (Phi) is 10.5. The smallest absolute Gasteiger partial charge is 0.272 e. The lowest BCUT2D eigenvalue weighted by Gasteiger charge is -2.17. The molecule has 238 valence electrons. The molecule has 3 N–H and O–H groups in total. The predicted octanol–water partition coefficient (Wildman–Crippen LogP) is 8.94. The van der Waals surface area contributed by atoms with E-state index >= 15 is 0 Å². The summed E-state index contributed by atoms with van der Waals surface area (Å²) >= 11 is 8.70. The number of thioether (sulfide) groups is 1. The van der Waals surface area contributed by atoms with Crippen molar-refractivity contribution in [1.82, 2.24) is 10.3 Å². The van der Waals surface area contributed by atoms with Gasteiger partial charge in [0.05, 0.1) is 12.0 Å². The van der Waals surface area contributed by atoms with Gasteiger partial charge in [-0.1, -0.05) is 78.3 Å². The number of carbonyl (C=O) groups excluding carboxylic acids is 3. The first-order chi connectivity index (χ1) is 23.4. The summed E-state index contributed by atoms with van der Waals surface area (Å²) in [5, 5.41) is 10.9. The number of furan rings is 1. The van der Waals surface area contributed by atoms with Crippen molar-refractivity contribution in [2.45, 2.75) is 10.1 Å². The zero-order valence-corrected chi connectivity index (χ0v) is 27.5. The van der Waals surface area contributed by atoms with E-state index in [0.717, 1.165) is 21.7 Å². The minimum Gasteiger partial charge on any atom is -0.465 e. The standard InChI is InChI=1S/C37H27ClN4O4S2/c38-27-18-16-24(17-19-27)32-23-47-37(41-32)42-36(45)33(25-9-3-1-4-10-25)48-30-15-7-13-28(21-30)39-35(44)31(22-29-14-8-20-46-29)40-34(43)26-11-5-2-6-12-26/h1-23,33H,(H,39,44)(H,40,43)(H,41,42,45)/b31-22-. The fourth-order valence-corrected chi connectivity index (χ4v) is 6.53. The van der Waals surface area contributed by atoms with Gasteiger partial charge in [-0.25, -0.2) is 4.98 Å². The van der Waals surface area contributed by atoms with Crippen LogP contribution < -0.4 is 16.0 Å². The van der Waals surface area contributed by atoms with Gasteiger partial charge in [-0.15, -0.1) is 23.1 Å². The topological polar surface area (TPSA) is 113 Å². The van der Waals surface area contributed by atoms with E-state index < -0.39 is 17.1 Å². The number of thiazole rings is 1.